The molecule has 1 aliphatic heterocycles. The van der Waals surface area contributed by atoms with E-state index >= 15 is 0 Å². The summed E-state index contributed by atoms with van der Waals surface area (Å²) in [4.78, 5) is 23.8. The summed E-state index contributed by atoms with van der Waals surface area (Å²) in [5.74, 6) is 0.596. The van der Waals surface area contributed by atoms with Crippen molar-refractivity contribution in [2.45, 2.75) is 23.2 Å². The second-order valence-corrected chi connectivity index (χ2v) is 9.48. The number of aromatic nitrogens is 2. The molecular weight excluding hydrogens is 434 g/mol. The van der Waals surface area contributed by atoms with Gasteiger partial charge in [-0.1, -0.05) is 11.6 Å². The molecule has 1 saturated heterocycles. The van der Waals surface area contributed by atoms with Crippen molar-refractivity contribution in [3.63, 3.8) is 0 Å². The summed E-state index contributed by atoms with van der Waals surface area (Å²) in [6, 6.07) is 5.21. The lowest BCUT2D eigenvalue weighted by Gasteiger charge is -2.38. The van der Waals surface area contributed by atoms with Crippen LogP contribution in [0.2, 0.25) is 5.02 Å². The van der Waals surface area contributed by atoms with Crippen molar-refractivity contribution >= 4 is 21.6 Å². The molecule has 164 valence electrons. The Morgan fingerprint density at radius 2 is 1.90 bits per heavy atom. The molecule has 0 spiro atoms. The third kappa shape index (κ3) is 4.18. The number of ether oxygens (including phenoxy) is 2. The van der Waals surface area contributed by atoms with Gasteiger partial charge in [0.25, 0.3) is 5.56 Å². The van der Waals surface area contributed by atoms with Crippen molar-refractivity contribution in [1.82, 2.24) is 13.9 Å². The Labute approximate surface area is 179 Å². The van der Waals surface area contributed by atoms with Gasteiger partial charge >= 0.3 is 5.69 Å². The summed E-state index contributed by atoms with van der Waals surface area (Å²) in [7, 11) is -0.0227. The van der Waals surface area contributed by atoms with Crippen molar-refractivity contribution in [3.8, 4) is 5.75 Å². The molecule has 1 fully saturated rings. The fourth-order valence-corrected chi connectivity index (χ4v) is 5.13. The second-order valence-electron chi connectivity index (χ2n) is 7.31. The number of sulfonamides is 1. The molecule has 1 N–H and O–H groups in total. The summed E-state index contributed by atoms with van der Waals surface area (Å²) in [5.41, 5.74) is -1.35. The normalized spacial score (nSPS) is 16.4. The molecule has 0 radical (unpaired) electrons. The number of nitrogens with one attached hydrogen (secondary N) is 1. The topological polar surface area (TPSA) is 109 Å². The summed E-state index contributed by atoms with van der Waals surface area (Å²) in [5, 5.41) is 0.506. The van der Waals surface area contributed by atoms with E-state index in [-0.39, 0.29) is 6.54 Å². The van der Waals surface area contributed by atoms with Crippen molar-refractivity contribution in [1.29, 1.82) is 0 Å². The van der Waals surface area contributed by atoms with Gasteiger partial charge in [-0.3, -0.25) is 9.36 Å². The van der Waals surface area contributed by atoms with Gasteiger partial charge in [0.15, 0.2) is 4.90 Å². The number of methoxy groups -OCH3 is 1. The molecule has 30 heavy (non-hydrogen) atoms. The molecule has 1 aliphatic rings. The predicted molar refractivity (Wildman–Crippen MR) is 112 cm³/mol. The maximum atomic E-state index is 13.0. The fraction of sp³-hybridized carbons (Fsp3) is 0.474. The number of rotatable bonds is 6. The van der Waals surface area contributed by atoms with E-state index in [9.17, 15) is 18.0 Å². The van der Waals surface area contributed by atoms with Crippen LogP contribution in [0.5, 0.6) is 5.75 Å². The lowest BCUT2D eigenvalue weighted by molar-refractivity contribution is 0.0509. The standard InChI is InChI=1S/C19H24ClN3O6S/c1-22-11-16(17(24)23(2)18(22)25)30(26,27)21-12-19(6-8-29-9-7-19)14-10-13(20)4-5-15(14)28-3/h4-5,10-11,21H,6-9,12H2,1-3H3. The maximum absolute atomic E-state index is 13.0. The van der Waals surface area contributed by atoms with Crippen LogP contribution in [0.15, 0.2) is 38.9 Å². The maximum Gasteiger partial charge on any atom is 0.330 e. The molecule has 0 aliphatic carbocycles. The zero-order valence-electron chi connectivity index (χ0n) is 17.0. The van der Waals surface area contributed by atoms with Crippen LogP contribution in [0.3, 0.4) is 0 Å². The third-order valence-electron chi connectivity index (χ3n) is 5.49. The highest BCUT2D eigenvalue weighted by Gasteiger charge is 2.38. The Hall–Kier alpha value is -2.14. The van der Waals surface area contributed by atoms with E-state index in [1.165, 1.54) is 21.2 Å². The number of nitrogens with zero attached hydrogens (tertiary/aromatic N) is 2. The number of benzene rings is 1. The van der Waals surface area contributed by atoms with Gasteiger partial charge in [-0.2, -0.15) is 0 Å². The van der Waals surface area contributed by atoms with Gasteiger partial charge in [-0.25, -0.2) is 17.9 Å². The zero-order chi connectivity index (χ0) is 22.1. The molecule has 0 atom stereocenters. The van der Waals surface area contributed by atoms with E-state index in [0.29, 0.717) is 36.8 Å². The van der Waals surface area contributed by atoms with Gasteiger partial charge in [0.05, 0.1) is 7.11 Å². The average Bonchev–Trinajstić information content (AvgIpc) is 2.74. The van der Waals surface area contributed by atoms with Crippen LogP contribution in [0.25, 0.3) is 0 Å². The Balaban J connectivity index is 2.01. The second kappa shape index (κ2) is 8.54. The first-order valence-corrected chi connectivity index (χ1v) is 11.2. The highest BCUT2D eigenvalue weighted by molar-refractivity contribution is 7.89. The highest BCUT2D eigenvalue weighted by Crippen LogP contribution is 2.41. The summed E-state index contributed by atoms with van der Waals surface area (Å²) < 4.78 is 41.3. The van der Waals surface area contributed by atoms with Gasteiger partial charge in [0, 0.05) is 56.1 Å². The smallest absolute Gasteiger partial charge is 0.330 e. The Morgan fingerprint density at radius 3 is 2.53 bits per heavy atom. The van der Waals surface area contributed by atoms with E-state index in [4.69, 9.17) is 21.1 Å². The molecule has 11 heteroatoms. The van der Waals surface area contributed by atoms with Crippen molar-refractivity contribution in [2.24, 2.45) is 14.1 Å². The van der Waals surface area contributed by atoms with Crippen LogP contribution in [-0.4, -0.2) is 44.4 Å². The minimum atomic E-state index is -4.19. The van der Waals surface area contributed by atoms with Crippen LogP contribution in [-0.2, 0) is 34.3 Å². The Bertz CT molecular complexity index is 1170. The van der Waals surface area contributed by atoms with Crippen molar-refractivity contribution in [2.75, 3.05) is 26.9 Å². The zero-order valence-corrected chi connectivity index (χ0v) is 18.5. The largest absolute Gasteiger partial charge is 0.496 e. The molecule has 0 amide bonds. The Kier molecular flexibility index (Phi) is 6.42. The first kappa shape index (κ1) is 22.5. The summed E-state index contributed by atoms with van der Waals surface area (Å²) >= 11 is 6.21. The van der Waals surface area contributed by atoms with Crippen LogP contribution >= 0.6 is 11.6 Å². The van der Waals surface area contributed by atoms with Gasteiger partial charge < -0.3 is 14.0 Å². The molecule has 3 rings (SSSR count). The van der Waals surface area contributed by atoms with Crippen LogP contribution in [0.1, 0.15) is 18.4 Å². The van der Waals surface area contributed by atoms with Crippen LogP contribution < -0.4 is 20.7 Å². The lowest BCUT2D eigenvalue weighted by Crippen LogP contribution is -2.47. The van der Waals surface area contributed by atoms with Crippen LogP contribution in [0.4, 0.5) is 0 Å². The minimum absolute atomic E-state index is 0.0153. The van der Waals surface area contributed by atoms with E-state index in [1.807, 2.05) is 0 Å². The molecule has 0 saturated carbocycles. The Morgan fingerprint density at radius 1 is 1.23 bits per heavy atom. The molecule has 0 unspecified atom stereocenters. The van der Waals surface area contributed by atoms with Gasteiger partial charge in [0.2, 0.25) is 10.0 Å². The molecule has 2 aromatic rings. The monoisotopic (exact) mass is 457 g/mol. The van der Waals surface area contributed by atoms with E-state index < -0.39 is 31.6 Å². The summed E-state index contributed by atoms with van der Waals surface area (Å²) in [6.45, 7) is 0.902. The molecule has 1 aromatic carbocycles. The fourth-order valence-electron chi connectivity index (χ4n) is 3.67. The SMILES string of the molecule is COc1ccc(Cl)cc1C1(CNS(=O)(=O)c2cn(C)c(=O)n(C)c2=O)CCOCC1. The molecule has 0 bridgehead atoms. The number of hydrogen-bond acceptors (Lipinski definition) is 6. The van der Waals surface area contributed by atoms with Crippen molar-refractivity contribution < 1.29 is 17.9 Å². The first-order valence-electron chi connectivity index (χ1n) is 9.29. The van der Waals surface area contributed by atoms with Crippen molar-refractivity contribution in [3.05, 3.63) is 55.8 Å². The molecule has 9 nitrogen and oxygen atoms in total. The number of aryl methyl sites for hydroxylation is 1. The highest BCUT2D eigenvalue weighted by atomic mass is 35.5. The van der Waals surface area contributed by atoms with E-state index in [2.05, 4.69) is 4.72 Å². The molecular formula is C19H24ClN3O6S. The minimum Gasteiger partial charge on any atom is -0.496 e. The van der Waals surface area contributed by atoms with Gasteiger partial charge in [-0.05, 0) is 31.0 Å². The third-order valence-corrected chi connectivity index (χ3v) is 7.11. The summed E-state index contributed by atoms with van der Waals surface area (Å²) in [6.07, 6.45) is 2.11. The number of hydrogen-bond donors (Lipinski definition) is 1. The first-order chi connectivity index (χ1) is 14.1. The van der Waals surface area contributed by atoms with Gasteiger partial charge in [-0.15, -0.1) is 0 Å². The van der Waals surface area contributed by atoms with E-state index in [0.717, 1.165) is 20.9 Å². The lowest BCUT2D eigenvalue weighted by atomic mass is 9.74. The van der Waals surface area contributed by atoms with Gasteiger partial charge in [0.1, 0.15) is 5.75 Å². The number of halogens is 1. The van der Waals surface area contributed by atoms with Crippen LogP contribution in [0, 0.1) is 0 Å². The van der Waals surface area contributed by atoms with E-state index in [1.54, 1.807) is 18.2 Å². The quantitative estimate of drug-likeness (QED) is 0.686. The molecule has 2 heterocycles. The molecule has 1 aromatic heterocycles. The predicted octanol–water partition coefficient (Wildman–Crippen LogP) is 0.773. The average molecular weight is 458 g/mol.